The molecular formula is C36H50N2O5. The Morgan fingerprint density at radius 3 is 2.14 bits per heavy atom. The number of carbonyl (C=O) groups excluding carboxylic acids is 3. The van der Waals surface area contributed by atoms with Gasteiger partial charge in [0.25, 0.3) is 0 Å². The van der Waals surface area contributed by atoms with Gasteiger partial charge in [-0.1, -0.05) is 93.6 Å². The fraction of sp³-hybridized carbons (Fsp3) is 0.472. The minimum absolute atomic E-state index is 0.0240. The molecule has 0 bridgehead atoms. The number of allylic oxidation sites excluding steroid dienone is 2. The number of rotatable bonds is 19. The van der Waals surface area contributed by atoms with E-state index in [2.05, 4.69) is 18.5 Å². The lowest BCUT2D eigenvalue weighted by molar-refractivity contribution is -0.151. The number of aliphatic hydroxyl groups is 1. The molecule has 0 aromatic heterocycles. The van der Waals surface area contributed by atoms with Crippen molar-refractivity contribution in [3.63, 3.8) is 0 Å². The van der Waals surface area contributed by atoms with E-state index in [4.69, 9.17) is 4.74 Å². The zero-order valence-corrected chi connectivity index (χ0v) is 26.2. The van der Waals surface area contributed by atoms with Gasteiger partial charge in [-0.15, -0.1) is 13.2 Å². The minimum atomic E-state index is -0.646. The quantitative estimate of drug-likeness (QED) is 0.121. The SMILES string of the molecule is C=CCCCC(Cc1ccccc1)C(=O)OCC(NC(=O)C(CC=C)CC(=O)N(CCO)Cc1ccccc1)C(C)(C)C. The van der Waals surface area contributed by atoms with Crippen LogP contribution in [0, 0.1) is 17.3 Å². The van der Waals surface area contributed by atoms with Crippen LogP contribution in [0.3, 0.4) is 0 Å². The van der Waals surface area contributed by atoms with Crippen LogP contribution in [0.1, 0.15) is 64.0 Å². The van der Waals surface area contributed by atoms with E-state index >= 15 is 0 Å². The summed E-state index contributed by atoms with van der Waals surface area (Å²) >= 11 is 0. The molecule has 0 saturated carbocycles. The van der Waals surface area contributed by atoms with Crippen molar-refractivity contribution in [2.75, 3.05) is 19.8 Å². The van der Waals surface area contributed by atoms with Crippen LogP contribution in [-0.4, -0.2) is 53.6 Å². The number of nitrogens with one attached hydrogen (secondary N) is 1. The number of nitrogens with zero attached hydrogens (tertiary/aromatic N) is 1. The van der Waals surface area contributed by atoms with Crippen molar-refractivity contribution < 1.29 is 24.2 Å². The number of carbonyl (C=O) groups is 3. The molecule has 0 heterocycles. The van der Waals surface area contributed by atoms with Crippen molar-refractivity contribution in [2.24, 2.45) is 17.3 Å². The van der Waals surface area contributed by atoms with Gasteiger partial charge in [-0.05, 0) is 48.6 Å². The molecule has 0 aliphatic heterocycles. The zero-order chi connectivity index (χ0) is 31.7. The summed E-state index contributed by atoms with van der Waals surface area (Å²) in [6.07, 6.45) is 6.70. The number of ether oxygens (including phenoxy) is 1. The summed E-state index contributed by atoms with van der Waals surface area (Å²) in [6, 6.07) is 19.0. The van der Waals surface area contributed by atoms with E-state index in [9.17, 15) is 19.5 Å². The zero-order valence-electron chi connectivity index (χ0n) is 26.2. The maximum atomic E-state index is 13.5. The van der Waals surface area contributed by atoms with Gasteiger partial charge >= 0.3 is 5.97 Å². The smallest absolute Gasteiger partial charge is 0.309 e. The number of aliphatic hydroxyl groups excluding tert-OH is 1. The number of hydrogen-bond donors (Lipinski definition) is 2. The molecule has 7 nitrogen and oxygen atoms in total. The van der Waals surface area contributed by atoms with E-state index in [1.807, 2.05) is 87.5 Å². The lowest BCUT2D eigenvalue weighted by atomic mass is 9.86. The van der Waals surface area contributed by atoms with Crippen LogP contribution >= 0.6 is 0 Å². The van der Waals surface area contributed by atoms with E-state index in [0.717, 1.165) is 24.0 Å². The molecule has 2 amide bonds. The molecule has 0 radical (unpaired) electrons. The molecule has 2 aromatic rings. The average molecular weight is 591 g/mol. The predicted octanol–water partition coefficient (Wildman–Crippen LogP) is 5.88. The van der Waals surface area contributed by atoms with Crippen LogP contribution in [0.25, 0.3) is 0 Å². The van der Waals surface area contributed by atoms with Gasteiger partial charge in [0, 0.05) is 19.5 Å². The third kappa shape index (κ3) is 13.0. The topological polar surface area (TPSA) is 95.9 Å². The molecule has 234 valence electrons. The lowest BCUT2D eigenvalue weighted by Gasteiger charge is -2.33. The predicted molar refractivity (Wildman–Crippen MR) is 172 cm³/mol. The number of esters is 1. The molecule has 0 aliphatic rings. The summed E-state index contributed by atoms with van der Waals surface area (Å²) in [7, 11) is 0. The minimum Gasteiger partial charge on any atom is -0.463 e. The second kappa shape index (κ2) is 18.7. The highest BCUT2D eigenvalue weighted by molar-refractivity contribution is 5.86. The highest BCUT2D eigenvalue weighted by Crippen LogP contribution is 2.23. The molecule has 3 atom stereocenters. The van der Waals surface area contributed by atoms with Gasteiger partial charge in [0.05, 0.1) is 24.5 Å². The van der Waals surface area contributed by atoms with Crippen LogP contribution in [0.15, 0.2) is 86.0 Å². The van der Waals surface area contributed by atoms with Crippen molar-refractivity contribution in [2.45, 2.75) is 71.9 Å². The molecule has 43 heavy (non-hydrogen) atoms. The van der Waals surface area contributed by atoms with Gasteiger partial charge < -0.3 is 20.1 Å². The number of hydrogen-bond acceptors (Lipinski definition) is 5. The van der Waals surface area contributed by atoms with Crippen LogP contribution in [0.5, 0.6) is 0 Å². The molecule has 0 spiro atoms. The van der Waals surface area contributed by atoms with E-state index in [0.29, 0.717) is 25.8 Å². The summed E-state index contributed by atoms with van der Waals surface area (Å²) in [5.41, 5.74) is 1.61. The van der Waals surface area contributed by atoms with E-state index < -0.39 is 17.4 Å². The van der Waals surface area contributed by atoms with E-state index in [-0.39, 0.29) is 49.9 Å². The molecule has 3 unspecified atom stereocenters. The Hall–Kier alpha value is -3.71. The standard InChI is InChI=1S/C36H50N2O5/c1-6-8-11-21-31(24-28-17-12-9-13-18-28)35(42)43-27-32(36(3,4)5)37-34(41)30(16-7-2)25-33(40)38(22-23-39)26-29-19-14-10-15-20-29/h6-7,9-10,12-15,17-20,30-32,39H,1-2,8,11,16,21-27H2,3-5H3,(H,37,41). The molecule has 7 heteroatoms. The van der Waals surface area contributed by atoms with Gasteiger partial charge in [-0.2, -0.15) is 0 Å². The maximum Gasteiger partial charge on any atom is 0.309 e. The van der Waals surface area contributed by atoms with Gasteiger partial charge in [-0.25, -0.2) is 0 Å². The van der Waals surface area contributed by atoms with Crippen LogP contribution in [-0.2, 0) is 32.1 Å². The highest BCUT2D eigenvalue weighted by Gasteiger charge is 2.32. The number of amides is 2. The fourth-order valence-electron chi connectivity index (χ4n) is 4.83. The van der Waals surface area contributed by atoms with Crippen LogP contribution in [0.4, 0.5) is 0 Å². The van der Waals surface area contributed by atoms with Crippen molar-refractivity contribution in [1.82, 2.24) is 10.2 Å². The highest BCUT2D eigenvalue weighted by atomic mass is 16.5. The van der Waals surface area contributed by atoms with Gasteiger partial charge in [0.2, 0.25) is 11.8 Å². The first-order chi connectivity index (χ1) is 20.6. The Morgan fingerprint density at radius 2 is 1.58 bits per heavy atom. The fourth-order valence-corrected chi connectivity index (χ4v) is 4.83. The molecular weight excluding hydrogens is 540 g/mol. The molecule has 2 aromatic carbocycles. The first kappa shape index (κ1) is 35.5. The molecule has 0 fully saturated rings. The van der Waals surface area contributed by atoms with Crippen LogP contribution < -0.4 is 5.32 Å². The van der Waals surface area contributed by atoms with E-state index in [1.165, 1.54) is 0 Å². The summed E-state index contributed by atoms with van der Waals surface area (Å²) in [6.45, 7) is 13.9. The van der Waals surface area contributed by atoms with Gasteiger partial charge in [0.15, 0.2) is 0 Å². The Labute approximate surface area is 258 Å². The Balaban J connectivity index is 2.09. The third-order valence-electron chi connectivity index (χ3n) is 7.56. The lowest BCUT2D eigenvalue weighted by Crippen LogP contribution is -2.50. The molecule has 0 aliphatic carbocycles. The largest absolute Gasteiger partial charge is 0.463 e. The Bertz CT molecular complexity index is 1140. The monoisotopic (exact) mass is 590 g/mol. The Kier molecular flexibility index (Phi) is 15.5. The summed E-state index contributed by atoms with van der Waals surface area (Å²) < 4.78 is 5.85. The van der Waals surface area contributed by atoms with Crippen LogP contribution in [0.2, 0.25) is 0 Å². The van der Waals surface area contributed by atoms with Gasteiger partial charge in [-0.3, -0.25) is 14.4 Å². The van der Waals surface area contributed by atoms with Gasteiger partial charge in [0.1, 0.15) is 6.61 Å². The van der Waals surface area contributed by atoms with Crippen molar-refractivity contribution in [1.29, 1.82) is 0 Å². The average Bonchev–Trinajstić information content (AvgIpc) is 2.98. The van der Waals surface area contributed by atoms with E-state index in [1.54, 1.807) is 11.0 Å². The third-order valence-corrected chi connectivity index (χ3v) is 7.56. The summed E-state index contributed by atoms with van der Waals surface area (Å²) in [5, 5.41) is 12.6. The van der Waals surface area contributed by atoms with Crippen molar-refractivity contribution >= 4 is 17.8 Å². The van der Waals surface area contributed by atoms with Crippen molar-refractivity contribution in [3.8, 4) is 0 Å². The molecule has 2 N–H and O–H groups in total. The maximum absolute atomic E-state index is 13.5. The number of benzene rings is 2. The molecule has 0 saturated heterocycles. The normalized spacial score (nSPS) is 13.3. The molecule has 2 rings (SSSR count). The summed E-state index contributed by atoms with van der Waals surface area (Å²) in [4.78, 5) is 41.7. The number of unbranched alkanes of at least 4 members (excludes halogenated alkanes) is 1. The second-order valence-corrected chi connectivity index (χ2v) is 12.1. The first-order valence-corrected chi connectivity index (χ1v) is 15.2. The summed E-state index contributed by atoms with van der Waals surface area (Å²) in [5.74, 6) is -1.74. The first-order valence-electron chi connectivity index (χ1n) is 15.2. The Morgan fingerprint density at radius 1 is 0.953 bits per heavy atom. The second-order valence-electron chi connectivity index (χ2n) is 12.1. The van der Waals surface area contributed by atoms with Crippen molar-refractivity contribution in [3.05, 3.63) is 97.1 Å².